The van der Waals surface area contributed by atoms with Crippen LogP contribution in [0, 0.1) is 0 Å². The summed E-state index contributed by atoms with van der Waals surface area (Å²) in [6.07, 6.45) is 0. The summed E-state index contributed by atoms with van der Waals surface area (Å²) in [7, 11) is 0. The zero-order valence-corrected chi connectivity index (χ0v) is 14.4. The molecule has 0 heterocycles. The van der Waals surface area contributed by atoms with Gasteiger partial charge in [-0.3, -0.25) is 9.59 Å². The summed E-state index contributed by atoms with van der Waals surface area (Å²) in [5, 5.41) is 6.01. The van der Waals surface area contributed by atoms with Crippen LogP contribution in [-0.2, 0) is 14.3 Å². The van der Waals surface area contributed by atoms with Crippen LogP contribution in [0.4, 0.5) is 5.69 Å². The molecule has 0 bridgehead atoms. The van der Waals surface area contributed by atoms with Crippen LogP contribution in [0.1, 0.15) is 13.8 Å². The lowest BCUT2D eigenvalue weighted by Crippen LogP contribution is -2.36. The molecule has 23 heavy (non-hydrogen) atoms. The first-order chi connectivity index (χ1) is 11.0. The Morgan fingerprint density at radius 3 is 2.30 bits per heavy atom. The van der Waals surface area contributed by atoms with E-state index in [9.17, 15) is 9.59 Å². The Balaban J connectivity index is 2.14. The second-order valence-electron chi connectivity index (χ2n) is 4.92. The molecule has 2 N–H and O–H groups in total. The number of carbonyl (C=O) groups is 2. The molecule has 0 aliphatic heterocycles. The van der Waals surface area contributed by atoms with Gasteiger partial charge in [-0.15, -0.1) is 0 Å². The summed E-state index contributed by atoms with van der Waals surface area (Å²) in [5.41, 5.74) is 0.631. The van der Waals surface area contributed by atoms with Gasteiger partial charge in [0.2, 0.25) is 11.8 Å². The zero-order valence-electron chi connectivity index (χ0n) is 13.6. The predicted octanol–water partition coefficient (Wildman–Crippen LogP) is 1.75. The van der Waals surface area contributed by atoms with Crippen LogP contribution in [0.5, 0.6) is 0 Å². The second-order valence-corrected chi connectivity index (χ2v) is 5.36. The smallest absolute Gasteiger partial charge is 0.250 e. The molecule has 128 valence electrons. The van der Waals surface area contributed by atoms with Crippen molar-refractivity contribution in [2.75, 3.05) is 44.7 Å². The van der Waals surface area contributed by atoms with Gasteiger partial charge in [0.25, 0.3) is 0 Å². The zero-order chi connectivity index (χ0) is 17.1. The maximum Gasteiger partial charge on any atom is 0.250 e. The third-order valence-corrected chi connectivity index (χ3v) is 3.49. The van der Waals surface area contributed by atoms with E-state index in [1.54, 1.807) is 24.3 Å². The van der Waals surface area contributed by atoms with E-state index in [4.69, 9.17) is 16.3 Å². The van der Waals surface area contributed by atoms with Gasteiger partial charge in [0.15, 0.2) is 0 Å². The normalized spacial score (nSPS) is 10.6. The molecule has 0 aliphatic carbocycles. The minimum absolute atomic E-state index is 0.133. The summed E-state index contributed by atoms with van der Waals surface area (Å²) in [4.78, 5) is 25.4. The standard InChI is InChI=1S/C16H24ClN3O3/c1-3-20(4-2)10-9-18-15(21)11-23-12-16(22)19-14-7-5-13(17)6-8-14/h5-8H,3-4,9-12H2,1-2H3,(H,18,21)(H,19,22). The highest BCUT2D eigenvalue weighted by Gasteiger charge is 2.06. The van der Waals surface area contributed by atoms with Crippen LogP contribution in [-0.4, -0.2) is 56.1 Å². The number of halogens is 1. The summed E-state index contributed by atoms with van der Waals surface area (Å²) >= 11 is 5.76. The maximum atomic E-state index is 11.7. The highest BCUT2D eigenvalue weighted by Crippen LogP contribution is 2.13. The van der Waals surface area contributed by atoms with Gasteiger partial charge in [0.1, 0.15) is 13.2 Å². The quantitative estimate of drug-likeness (QED) is 0.680. The first-order valence-corrected chi connectivity index (χ1v) is 8.05. The number of hydrogen-bond acceptors (Lipinski definition) is 4. The summed E-state index contributed by atoms with van der Waals surface area (Å²) in [6.45, 7) is 7.12. The van der Waals surface area contributed by atoms with Crippen molar-refractivity contribution in [1.82, 2.24) is 10.2 Å². The molecule has 0 fully saturated rings. The number of likely N-dealkylation sites (N-methyl/N-ethyl adjacent to an activating group) is 1. The van der Waals surface area contributed by atoms with E-state index in [1.165, 1.54) is 0 Å². The monoisotopic (exact) mass is 341 g/mol. The van der Waals surface area contributed by atoms with Gasteiger partial charge < -0.3 is 20.3 Å². The van der Waals surface area contributed by atoms with E-state index in [2.05, 4.69) is 29.4 Å². The molecule has 0 saturated carbocycles. The molecule has 1 rings (SSSR count). The topological polar surface area (TPSA) is 70.7 Å². The van der Waals surface area contributed by atoms with Gasteiger partial charge in [0, 0.05) is 23.8 Å². The Bertz CT molecular complexity index is 490. The molecule has 6 nitrogen and oxygen atoms in total. The fraction of sp³-hybridized carbons (Fsp3) is 0.500. The average molecular weight is 342 g/mol. The van der Waals surface area contributed by atoms with E-state index in [0.717, 1.165) is 19.6 Å². The number of ether oxygens (including phenoxy) is 1. The number of nitrogens with one attached hydrogen (secondary N) is 2. The minimum atomic E-state index is -0.316. The van der Waals surface area contributed by atoms with Crippen LogP contribution in [0.25, 0.3) is 0 Å². The predicted molar refractivity (Wildman–Crippen MR) is 91.7 cm³/mol. The molecule has 1 aromatic carbocycles. The fourth-order valence-electron chi connectivity index (χ4n) is 1.91. The molecular weight excluding hydrogens is 318 g/mol. The Morgan fingerprint density at radius 1 is 1.09 bits per heavy atom. The molecule has 0 saturated heterocycles. The highest BCUT2D eigenvalue weighted by molar-refractivity contribution is 6.30. The lowest BCUT2D eigenvalue weighted by molar-refractivity contribution is -0.128. The largest absolute Gasteiger partial charge is 0.362 e. The Morgan fingerprint density at radius 2 is 1.70 bits per heavy atom. The molecule has 0 radical (unpaired) electrons. The molecule has 2 amide bonds. The van der Waals surface area contributed by atoms with Gasteiger partial charge in [-0.1, -0.05) is 25.4 Å². The van der Waals surface area contributed by atoms with Crippen molar-refractivity contribution < 1.29 is 14.3 Å². The average Bonchev–Trinajstić information content (AvgIpc) is 2.54. The van der Waals surface area contributed by atoms with Crippen molar-refractivity contribution >= 4 is 29.1 Å². The van der Waals surface area contributed by atoms with Crippen molar-refractivity contribution in [2.45, 2.75) is 13.8 Å². The second kappa shape index (κ2) is 11.0. The maximum absolute atomic E-state index is 11.7. The van der Waals surface area contributed by atoms with Crippen LogP contribution < -0.4 is 10.6 Å². The lowest BCUT2D eigenvalue weighted by Gasteiger charge is -2.17. The number of rotatable bonds is 10. The molecular formula is C16H24ClN3O3. The van der Waals surface area contributed by atoms with Crippen molar-refractivity contribution in [3.63, 3.8) is 0 Å². The lowest BCUT2D eigenvalue weighted by atomic mass is 10.3. The molecule has 0 aromatic heterocycles. The number of benzene rings is 1. The number of nitrogens with zero attached hydrogens (tertiary/aromatic N) is 1. The van der Waals surface area contributed by atoms with Crippen LogP contribution in [0.15, 0.2) is 24.3 Å². The van der Waals surface area contributed by atoms with Crippen molar-refractivity contribution in [3.05, 3.63) is 29.3 Å². The Hall–Kier alpha value is -1.63. The summed E-state index contributed by atoms with van der Waals surface area (Å²) in [5.74, 6) is -0.542. The molecule has 0 spiro atoms. The van der Waals surface area contributed by atoms with Gasteiger partial charge in [-0.25, -0.2) is 0 Å². The highest BCUT2D eigenvalue weighted by atomic mass is 35.5. The summed E-state index contributed by atoms with van der Waals surface area (Å²) in [6, 6.07) is 6.75. The van der Waals surface area contributed by atoms with E-state index in [0.29, 0.717) is 17.3 Å². The van der Waals surface area contributed by atoms with Gasteiger partial charge in [-0.2, -0.15) is 0 Å². The van der Waals surface area contributed by atoms with Crippen molar-refractivity contribution in [3.8, 4) is 0 Å². The third-order valence-electron chi connectivity index (χ3n) is 3.24. The first-order valence-electron chi connectivity index (χ1n) is 7.67. The molecule has 0 aliphatic rings. The van der Waals surface area contributed by atoms with Crippen LogP contribution in [0.3, 0.4) is 0 Å². The van der Waals surface area contributed by atoms with E-state index in [-0.39, 0.29) is 25.0 Å². The van der Waals surface area contributed by atoms with Crippen molar-refractivity contribution in [1.29, 1.82) is 0 Å². The fourth-order valence-corrected chi connectivity index (χ4v) is 2.04. The van der Waals surface area contributed by atoms with Gasteiger partial charge in [0.05, 0.1) is 0 Å². The minimum Gasteiger partial charge on any atom is -0.362 e. The molecule has 7 heteroatoms. The van der Waals surface area contributed by atoms with E-state index >= 15 is 0 Å². The van der Waals surface area contributed by atoms with E-state index in [1.807, 2.05) is 0 Å². The Kier molecular flexibility index (Phi) is 9.28. The molecule has 1 aromatic rings. The van der Waals surface area contributed by atoms with Crippen LogP contribution in [0.2, 0.25) is 5.02 Å². The van der Waals surface area contributed by atoms with E-state index < -0.39 is 0 Å². The summed E-state index contributed by atoms with van der Waals surface area (Å²) < 4.78 is 5.10. The first kappa shape index (κ1) is 19.4. The third kappa shape index (κ3) is 8.54. The number of anilines is 1. The number of amides is 2. The Labute approximate surface area is 142 Å². The van der Waals surface area contributed by atoms with Gasteiger partial charge >= 0.3 is 0 Å². The molecule has 0 atom stereocenters. The molecule has 0 unspecified atom stereocenters. The van der Waals surface area contributed by atoms with Gasteiger partial charge in [-0.05, 0) is 37.4 Å². The SMILES string of the molecule is CCN(CC)CCNC(=O)COCC(=O)Nc1ccc(Cl)cc1. The number of carbonyl (C=O) groups excluding carboxylic acids is 2. The van der Waals surface area contributed by atoms with Crippen LogP contribution >= 0.6 is 11.6 Å². The number of hydrogen-bond donors (Lipinski definition) is 2. The van der Waals surface area contributed by atoms with Crippen molar-refractivity contribution in [2.24, 2.45) is 0 Å².